The van der Waals surface area contributed by atoms with Crippen molar-refractivity contribution in [2.24, 2.45) is 4.99 Å². The Hall–Kier alpha value is -1.51. The van der Waals surface area contributed by atoms with Gasteiger partial charge in [0.2, 0.25) is 0 Å². The molecule has 0 aliphatic carbocycles. The molecule has 0 radical (unpaired) electrons. The fraction of sp³-hybridized carbons (Fsp3) is 0.133. The van der Waals surface area contributed by atoms with Crippen LogP contribution in [0, 0.1) is 0 Å². The Kier molecular flexibility index (Phi) is 4.13. The highest BCUT2D eigenvalue weighted by atomic mass is 35.5. The third kappa shape index (κ3) is 2.75. The summed E-state index contributed by atoms with van der Waals surface area (Å²) in [5, 5.41) is 0.743. The largest absolute Gasteiger partial charge is 0.399 e. The Morgan fingerprint density at radius 3 is 2.74 bits per heavy atom. The van der Waals surface area contributed by atoms with Gasteiger partial charge in [0.1, 0.15) is 0 Å². The molecule has 0 unspecified atom stereocenters. The third-order valence-electron chi connectivity index (χ3n) is 3.14. The first kappa shape index (κ1) is 13.9. The van der Waals surface area contributed by atoms with Crippen molar-refractivity contribution in [2.45, 2.75) is 6.42 Å². The van der Waals surface area contributed by atoms with Gasteiger partial charge in [-0.05, 0) is 36.2 Å². The number of hydrogen-bond acceptors (Lipinski definition) is 2. The Morgan fingerprint density at radius 1 is 1.11 bits per heavy atom. The molecule has 0 atom stereocenters. The Labute approximate surface area is 123 Å². The van der Waals surface area contributed by atoms with Gasteiger partial charge in [0, 0.05) is 28.4 Å². The second kappa shape index (κ2) is 5.64. The molecule has 1 aliphatic rings. The van der Waals surface area contributed by atoms with Gasteiger partial charge in [-0.25, -0.2) is 0 Å². The molecule has 2 aromatic rings. The van der Waals surface area contributed by atoms with Crippen LogP contribution in [0.5, 0.6) is 0 Å². The zero-order chi connectivity index (χ0) is 12.5. The Morgan fingerprint density at radius 2 is 1.95 bits per heavy atom. The van der Waals surface area contributed by atoms with Crippen LogP contribution in [0.1, 0.15) is 16.7 Å². The van der Waals surface area contributed by atoms with Crippen LogP contribution in [0.3, 0.4) is 0 Å². The molecule has 98 valence electrons. The van der Waals surface area contributed by atoms with Crippen LogP contribution in [0.4, 0.5) is 5.69 Å². The van der Waals surface area contributed by atoms with E-state index in [0.717, 1.165) is 40.5 Å². The molecule has 0 bridgehead atoms. The van der Waals surface area contributed by atoms with Crippen molar-refractivity contribution in [3.8, 4) is 0 Å². The quantitative estimate of drug-likeness (QED) is 0.799. The number of fused-ring (bicyclic) bond motifs is 1. The first-order chi connectivity index (χ1) is 8.74. The Bertz CT molecular complexity index is 636. The van der Waals surface area contributed by atoms with E-state index in [9.17, 15) is 0 Å². The summed E-state index contributed by atoms with van der Waals surface area (Å²) in [6, 6.07) is 13.8. The standard InChI is InChI=1S/C15H13ClN2.ClH/c16-12-5-4-10-6-7-18-15(14(10)9-12)11-2-1-3-13(17)8-11;/h1-5,8-9H,6-7,17H2;1H. The molecule has 0 spiro atoms. The summed E-state index contributed by atoms with van der Waals surface area (Å²) in [6.07, 6.45) is 0.971. The van der Waals surface area contributed by atoms with E-state index in [4.69, 9.17) is 17.3 Å². The number of halogens is 2. The van der Waals surface area contributed by atoms with E-state index in [1.165, 1.54) is 5.56 Å². The monoisotopic (exact) mass is 292 g/mol. The average molecular weight is 293 g/mol. The van der Waals surface area contributed by atoms with Gasteiger partial charge in [0.05, 0.1) is 5.71 Å². The lowest BCUT2D eigenvalue weighted by Gasteiger charge is -2.17. The van der Waals surface area contributed by atoms with Gasteiger partial charge in [-0.1, -0.05) is 29.8 Å². The maximum absolute atomic E-state index is 6.08. The highest BCUT2D eigenvalue weighted by Crippen LogP contribution is 2.24. The summed E-state index contributed by atoms with van der Waals surface area (Å²) in [6.45, 7) is 0.818. The lowest BCUT2D eigenvalue weighted by atomic mass is 9.93. The van der Waals surface area contributed by atoms with Crippen molar-refractivity contribution in [3.05, 3.63) is 64.2 Å². The van der Waals surface area contributed by atoms with Crippen molar-refractivity contribution < 1.29 is 0 Å². The normalized spacial score (nSPS) is 13.2. The van der Waals surface area contributed by atoms with Gasteiger partial charge in [-0.15, -0.1) is 12.4 Å². The molecule has 3 rings (SSSR count). The second-order valence-corrected chi connectivity index (χ2v) is 4.84. The molecule has 2 N–H and O–H groups in total. The molecule has 0 amide bonds. The summed E-state index contributed by atoms with van der Waals surface area (Å²) >= 11 is 6.08. The van der Waals surface area contributed by atoms with Gasteiger partial charge < -0.3 is 5.73 Å². The molecule has 1 heterocycles. The van der Waals surface area contributed by atoms with Crippen LogP contribution in [-0.4, -0.2) is 12.3 Å². The van der Waals surface area contributed by atoms with Crippen LogP contribution in [0.2, 0.25) is 5.02 Å². The third-order valence-corrected chi connectivity index (χ3v) is 3.37. The van der Waals surface area contributed by atoms with Crippen LogP contribution < -0.4 is 5.73 Å². The predicted molar refractivity (Wildman–Crippen MR) is 83.8 cm³/mol. The maximum atomic E-state index is 6.08. The Balaban J connectivity index is 0.00000133. The smallest absolute Gasteiger partial charge is 0.0723 e. The van der Waals surface area contributed by atoms with Crippen molar-refractivity contribution in [1.29, 1.82) is 0 Å². The van der Waals surface area contributed by atoms with E-state index >= 15 is 0 Å². The van der Waals surface area contributed by atoms with Gasteiger partial charge in [-0.3, -0.25) is 4.99 Å². The molecule has 0 saturated carbocycles. The van der Waals surface area contributed by atoms with Crippen molar-refractivity contribution in [2.75, 3.05) is 12.3 Å². The molecule has 19 heavy (non-hydrogen) atoms. The molecule has 2 aromatic carbocycles. The molecule has 1 aliphatic heterocycles. The number of benzene rings is 2. The molecule has 4 heteroatoms. The SMILES string of the molecule is Cl.Nc1cccc(C2=NCCc3ccc(Cl)cc32)c1. The first-order valence-corrected chi connectivity index (χ1v) is 6.31. The number of aliphatic imine (C=N–C) groups is 1. The lowest BCUT2D eigenvalue weighted by Crippen LogP contribution is -2.14. The minimum atomic E-state index is 0. The van der Waals surface area contributed by atoms with Gasteiger partial charge in [0.15, 0.2) is 0 Å². The topological polar surface area (TPSA) is 38.4 Å². The number of nitrogen functional groups attached to an aromatic ring is 1. The number of nitrogens with zero attached hydrogens (tertiary/aromatic N) is 1. The predicted octanol–water partition coefficient (Wildman–Crippen LogP) is 3.74. The molecular weight excluding hydrogens is 279 g/mol. The van der Waals surface area contributed by atoms with Gasteiger partial charge >= 0.3 is 0 Å². The molecular formula is C15H14Cl2N2. The van der Waals surface area contributed by atoms with E-state index in [0.29, 0.717) is 0 Å². The van der Waals surface area contributed by atoms with E-state index in [-0.39, 0.29) is 12.4 Å². The zero-order valence-corrected chi connectivity index (χ0v) is 11.8. The first-order valence-electron chi connectivity index (χ1n) is 5.93. The number of anilines is 1. The number of nitrogens with two attached hydrogens (primary N) is 1. The minimum absolute atomic E-state index is 0. The van der Waals surface area contributed by atoms with Gasteiger partial charge in [0.25, 0.3) is 0 Å². The van der Waals surface area contributed by atoms with Crippen LogP contribution in [0.15, 0.2) is 47.5 Å². The molecule has 2 nitrogen and oxygen atoms in total. The summed E-state index contributed by atoms with van der Waals surface area (Å²) < 4.78 is 0. The molecule has 0 saturated heterocycles. The summed E-state index contributed by atoms with van der Waals surface area (Å²) in [5.74, 6) is 0. The highest BCUT2D eigenvalue weighted by Gasteiger charge is 2.16. The fourth-order valence-electron chi connectivity index (χ4n) is 2.29. The summed E-state index contributed by atoms with van der Waals surface area (Å²) in [7, 11) is 0. The van der Waals surface area contributed by atoms with Crippen molar-refractivity contribution in [3.63, 3.8) is 0 Å². The zero-order valence-electron chi connectivity index (χ0n) is 10.3. The molecule has 0 aromatic heterocycles. The van der Waals surface area contributed by atoms with Crippen molar-refractivity contribution >= 4 is 35.4 Å². The number of rotatable bonds is 1. The maximum Gasteiger partial charge on any atom is 0.0723 e. The van der Waals surface area contributed by atoms with E-state index < -0.39 is 0 Å². The average Bonchev–Trinajstić information content (AvgIpc) is 2.38. The minimum Gasteiger partial charge on any atom is -0.399 e. The van der Waals surface area contributed by atoms with Crippen LogP contribution in [0.25, 0.3) is 0 Å². The fourth-order valence-corrected chi connectivity index (χ4v) is 2.47. The van der Waals surface area contributed by atoms with E-state index in [1.54, 1.807) is 0 Å². The summed E-state index contributed by atoms with van der Waals surface area (Å²) in [5.41, 5.74) is 11.1. The lowest BCUT2D eigenvalue weighted by molar-refractivity contribution is 0.944. The molecule has 0 fully saturated rings. The number of hydrogen-bond donors (Lipinski definition) is 1. The van der Waals surface area contributed by atoms with E-state index in [2.05, 4.69) is 11.1 Å². The summed E-state index contributed by atoms with van der Waals surface area (Å²) in [4.78, 5) is 4.63. The van der Waals surface area contributed by atoms with Crippen LogP contribution in [-0.2, 0) is 6.42 Å². The van der Waals surface area contributed by atoms with Crippen molar-refractivity contribution in [1.82, 2.24) is 0 Å². The highest BCUT2D eigenvalue weighted by molar-refractivity contribution is 6.31. The van der Waals surface area contributed by atoms with Gasteiger partial charge in [-0.2, -0.15) is 0 Å². The van der Waals surface area contributed by atoms with Crippen LogP contribution >= 0.6 is 24.0 Å². The second-order valence-electron chi connectivity index (χ2n) is 4.41. The van der Waals surface area contributed by atoms with E-state index in [1.807, 2.05) is 36.4 Å².